The Kier molecular flexibility index (Phi) is 7.95. The van der Waals surface area contributed by atoms with Crippen LogP contribution in [0.15, 0.2) is 48.5 Å². The first kappa shape index (κ1) is 17.8. The highest BCUT2D eigenvalue weighted by Crippen LogP contribution is 2.23. The van der Waals surface area contributed by atoms with Crippen LogP contribution in [0, 0.1) is 0 Å². The molecule has 0 spiro atoms. The third-order valence-corrected chi connectivity index (χ3v) is 3.77. The van der Waals surface area contributed by atoms with Gasteiger partial charge in [0.15, 0.2) is 0 Å². The summed E-state index contributed by atoms with van der Waals surface area (Å²) in [6, 6.07) is 16.0. The van der Waals surface area contributed by atoms with Gasteiger partial charge in [-0.2, -0.15) is 0 Å². The second kappa shape index (κ2) is 10.3. The monoisotopic (exact) mass is 332 g/mol. The van der Waals surface area contributed by atoms with E-state index in [-0.39, 0.29) is 0 Å². The largest absolute Gasteiger partial charge is 0.489 e. The lowest BCUT2D eigenvalue weighted by atomic mass is 10.2. The lowest BCUT2D eigenvalue weighted by molar-refractivity contribution is 0.302. The molecule has 124 valence electrons. The highest BCUT2D eigenvalue weighted by molar-refractivity contribution is 6.30. The molecule has 0 amide bonds. The molecule has 0 heterocycles. The number of rotatable bonds is 10. The normalized spacial score (nSPS) is 10.7. The van der Waals surface area contributed by atoms with Crippen LogP contribution in [0.25, 0.3) is 0 Å². The quantitative estimate of drug-likeness (QED) is 0.645. The highest BCUT2D eigenvalue weighted by Gasteiger charge is 2.05. The van der Waals surface area contributed by atoms with E-state index in [2.05, 4.69) is 29.7 Å². The van der Waals surface area contributed by atoms with E-state index < -0.39 is 0 Å². The Labute approximate surface area is 144 Å². The van der Waals surface area contributed by atoms with Gasteiger partial charge in [0.2, 0.25) is 0 Å². The minimum atomic E-state index is 0.565. The summed E-state index contributed by atoms with van der Waals surface area (Å²) in [7, 11) is 0. The summed E-state index contributed by atoms with van der Waals surface area (Å²) >= 11 is 6.12. The molecule has 0 saturated carbocycles. The molecule has 0 radical (unpaired) electrons. The smallest absolute Gasteiger partial charge is 0.124 e. The average Bonchev–Trinajstić information content (AvgIpc) is 2.58. The molecule has 0 bridgehead atoms. The molecule has 2 rings (SSSR count). The fourth-order valence-electron chi connectivity index (χ4n) is 2.30. The Morgan fingerprint density at radius 2 is 1.78 bits per heavy atom. The SMILES string of the molecule is CCNCCCNCc1cc(Cl)ccc1OCc1ccccc1. The van der Waals surface area contributed by atoms with Gasteiger partial charge < -0.3 is 15.4 Å². The van der Waals surface area contributed by atoms with Gasteiger partial charge in [-0.15, -0.1) is 0 Å². The van der Waals surface area contributed by atoms with Crippen molar-refractivity contribution >= 4 is 11.6 Å². The maximum Gasteiger partial charge on any atom is 0.124 e. The zero-order valence-electron chi connectivity index (χ0n) is 13.6. The van der Waals surface area contributed by atoms with Gasteiger partial charge in [-0.1, -0.05) is 48.9 Å². The van der Waals surface area contributed by atoms with Crippen LogP contribution >= 0.6 is 11.6 Å². The fraction of sp³-hybridized carbons (Fsp3) is 0.368. The van der Waals surface area contributed by atoms with E-state index in [1.807, 2.05) is 36.4 Å². The predicted molar refractivity (Wildman–Crippen MR) is 97.1 cm³/mol. The van der Waals surface area contributed by atoms with Gasteiger partial charge in [0.25, 0.3) is 0 Å². The van der Waals surface area contributed by atoms with Crippen LogP contribution in [-0.2, 0) is 13.2 Å². The summed E-state index contributed by atoms with van der Waals surface area (Å²) in [5.41, 5.74) is 2.25. The van der Waals surface area contributed by atoms with Crippen molar-refractivity contribution in [1.29, 1.82) is 0 Å². The molecule has 23 heavy (non-hydrogen) atoms. The second-order valence-electron chi connectivity index (χ2n) is 5.41. The van der Waals surface area contributed by atoms with Crippen molar-refractivity contribution in [3.8, 4) is 5.75 Å². The van der Waals surface area contributed by atoms with Gasteiger partial charge in [-0.3, -0.25) is 0 Å². The number of benzene rings is 2. The van der Waals surface area contributed by atoms with Crippen molar-refractivity contribution in [2.75, 3.05) is 19.6 Å². The van der Waals surface area contributed by atoms with Crippen molar-refractivity contribution in [1.82, 2.24) is 10.6 Å². The summed E-state index contributed by atoms with van der Waals surface area (Å²) in [6.07, 6.45) is 1.11. The molecule has 3 nitrogen and oxygen atoms in total. The van der Waals surface area contributed by atoms with E-state index >= 15 is 0 Å². The summed E-state index contributed by atoms with van der Waals surface area (Å²) < 4.78 is 5.96. The first-order valence-electron chi connectivity index (χ1n) is 8.16. The minimum absolute atomic E-state index is 0.565. The van der Waals surface area contributed by atoms with Crippen LogP contribution in [0.3, 0.4) is 0 Å². The Bertz CT molecular complexity index is 575. The third-order valence-electron chi connectivity index (χ3n) is 3.53. The zero-order chi connectivity index (χ0) is 16.3. The Hall–Kier alpha value is -1.55. The van der Waals surface area contributed by atoms with Crippen molar-refractivity contribution in [2.45, 2.75) is 26.5 Å². The first-order chi connectivity index (χ1) is 11.3. The topological polar surface area (TPSA) is 33.3 Å². The van der Waals surface area contributed by atoms with E-state index in [1.165, 1.54) is 0 Å². The molecule has 0 aliphatic carbocycles. The molecule has 0 saturated heterocycles. The summed E-state index contributed by atoms with van der Waals surface area (Å²) in [5.74, 6) is 0.887. The molecule has 0 aliphatic rings. The number of hydrogen-bond acceptors (Lipinski definition) is 3. The maximum absolute atomic E-state index is 6.12. The standard InChI is InChI=1S/C19H25ClN2O/c1-2-21-11-6-12-22-14-17-13-18(20)9-10-19(17)23-15-16-7-4-3-5-8-16/h3-5,7-10,13,21-22H,2,6,11-12,14-15H2,1H3. The molecule has 2 aromatic rings. The molecule has 4 heteroatoms. The highest BCUT2D eigenvalue weighted by atomic mass is 35.5. The Balaban J connectivity index is 1.86. The molecular formula is C19H25ClN2O. The lowest BCUT2D eigenvalue weighted by Crippen LogP contribution is -2.21. The minimum Gasteiger partial charge on any atom is -0.489 e. The molecule has 0 fully saturated rings. The van der Waals surface area contributed by atoms with Crippen molar-refractivity contribution < 1.29 is 4.74 Å². The van der Waals surface area contributed by atoms with Gasteiger partial charge in [-0.05, 0) is 49.8 Å². The van der Waals surface area contributed by atoms with Gasteiger partial charge >= 0.3 is 0 Å². The van der Waals surface area contributed by atoms with Gasteiger partial charge in [0, 0.05) is 17.1 Å². The van der Waals surface area contributed by atoms with Gasteiger partial charge in [-0.25, -0.2) is 0 Å². The average molecular weight is 333 g/mol. The molecule has 0 atom stereocenters. The Morgan fingerprint density at radius 1 is 1.00 bits per heavy atom. The summed E-state index contributed by atoms with van der Waals surface area (Å²) in [5, 5.41) is 7.51. The van der Waals surface area contributed by atoms with Gasteiger partial charge in [0.1, 0.15) is 12.4 Å². The van der Waals surface area contributed by atoms with Crippen molar-refractivity contribution in [2.24, 2.45) is 0 Å². The van der Waals surface area contributed by atoms with E-state index in [4.69, 9.17) is 16.3 Å². The van der Waals surface area contributed by atoms with E-state index in [9.17, 15) is 0 Å². The fourth-order valence-corrected chi connectivity index (χ4v) is 2.50. The predicted octanol–water partition coefficient (Wildman–Crippen LogP) is 4.01. The van der Waals surface area contributed by atoms with Crippen LogP contribution in [0.5, 0.6) is 5.75 Å². The lowest BCUT2D eigenvalue weighted by Gasteiger charge is -2.13. The molecular weight excluding hydrogens is 308 g/mol. The Morgan fingerprint density at radius 3 is 2.57 bits per heavy atom. The second-order valence-corrected chi connectivity index (χ2v) is 5.85. The molecule has 0 aromatic heterocycles. The van der Waals surface area contributed by atoms with Crippen LogP contribution < -0.4 is 15.4 Å². The van der Waals surface area contributed by atoms with Crippen molar-refractivity contribution in [3.63, 3.8) is 0 Å². The van der Waals surface area contributed by atoms with Gasteiger partial charge in [0.05, 0.1) is 0 Å². The molecule has 2 N–H and O–H groups in total. The van der Waals surface area contributed by atoms with E-state index in [0.717, 1.165) is 54.5 Å². The van der Waals surface area contributed by atoms with E-state index in [0.29, 0.717) is 6.61 Å². The summed E-state index contributed by atoms with van der Waals surface area (Å²) in [6.45, 7) is 6.47. The van der Waals surface area contributed by atoms with Crippen LogP contribution in [0.4, 0.5) is 0 Å². The van der Waals surface area contributed by atoms with Crippen LogP contribution in [-0.4, -0.2) is 19.6 Å². The zero-order valence-corrected chi connectivity index (χ0v) is 14.4. The summed E-state index contributed by atoms with van der Waals surface area (Å²) in [4.78, 5) is 0. The number of nitrogens with one attached hydrogen (secondary N) is 2. The van der Waals surface area contributed by atoms with E-state index in [1.54, 1.807) is 0 Å². The number of hydrogen-bond donors (Lipinski definition) is 2. The van der Waals surface area contributed by atoms with Crippen LogP contribution in [0.2, 0.25) is 5.02 Å². The molecule has 0 aliphatic heterocycles. The number of ether oxygens (including phenoxy) is 1. The third kappa shape index (κ3) is 6.61. The van der Waals surface area contributed by atoms with Crippen molar-refractivity contribution in [3.05, 3.63) is 64.7 Å². The number of halogens is 1. The van der Waals surface area contributed by atoms with Crippen LogP contribution in [0.1, 0.15) is 24.5 Å². The first-order valence-corrected chi connectivity index (χ1v) is 8.54. The maximum atomic E-state index is 6.12. The molecule has 0 unspecified atom stereocenters. The molecule has 2 aromatic carbocycles.